The van der Waals surface area contributed by atoms with Gasteiger partial charge in [0, 0.05) is 31.9 Å². The van der Waals surface area contributed by atoms with Crippen LogP contribution in [0.1, 0.15) is 26.3 Å². The molecule has 2 N–H and O–H groups in total. The van der Waals surface area contributed by atoms with Crippen molar-refractivity contribution >= 4 is 23.9 Å². The van der Waals surface area contributed by atoms with Gasteiger partial charge < -0.3 is 19.7 Å². The maximum absolute atomic E-state index is 14.3. The highest BCUT2D eigenvalue weighted by molar-refractivity contribution is 5.85. The Kier molecular flexibility index (Phi) is 9.27. The molecule has 0 aromatic heterocycles. The van der Waals surface area contributed by atoms with Crippen LogP contribution in [0.2, 0.25) is 0 Å². The van der Waals surface area contributed by atoms with E-state index in [0.717, 1.165) is 31.7 Å². The van der Waals surface area contributed by atoms with E-state index in [9.17, 15) is 14.0 Å². The summed E-state index contributed by atoms with van der Waals surface area (Å²) in [5.74, 6) is -0.349. The van der Waals surface area contributed by atoms with Crippen molar-refractivity contribution in [1.29, 1.82) is 0 Å². The van der Waals surface area contributed by atoms with Gasteiger partial charge in [0.05, 0.1) is 5.69 Å². The Hall–Kier alpha value is -3.13. The summed E-state index contributed by atoms with van der Waals surface area (Å²) in [4.78, 5) is 23.4. The Balaban J connectivity index is 0.000000423. The molecule has 2 aromatic rings. The summed E-state index contributed by atoms with van der Waals surface area (Å²) in [5.41, 5.74) is 1.51. The number of anilines is 2. The van der Waals surface area contributed by atoms with Crippen LogP contribution in [0.4, 0.5) is 20.6 Å². The monoisotopic (exact) mass is 431 g/mol. The Labute approximate surface area is 182 Å². The van der Waals surface area contributed by atoms with Gasteiger partial charge in [-0.1, -0.05) is 30.3 Å². The maximum Gasteiger partial charge on any atom is 0.411 e. The lowest BCUT2D eigenvalue weighted by Gasteiger charge is -2.29. The topological polar surface area (TPSA) is 79.9 Å². The molecule has 7 nitrogen and oxygen atoms in total. The molecule has 1 aliphatic rings. The summed E-state index contributed by atoms with van der Waals surface area (Å²) in [5, 5.41) is 5.78. The number of ether oxygens (including phenoxy) is 2. The number of halogens is 1. The molecular weight excluding hydrogens is 401 g/mol. The summed E-state index contributed by atoms with van der Waals surface area (Å²) in [6.45, 7) is 9.31. The number of hydrogen-bond acceptors (Lipinski definition) is 6. The second kappa shape index (κ2) is 11.9. The standard InChI is InChI=1S/C18H20FN3O2.C5H10O2/c19-16-12-15(6-7-17(16)22-10-8-20-9-11-22)21-18(23)24-13-14-4-2-1-3-5-14;1-5(2,3)7-4-6/h1-7,12,20H,8-11,13H2,(H,21,23);4H,1-3H3. The van der Waals surface area contributed by atoms with Crippen molar-refractivity contribution in [3.8, 4) is 0 Å². The fourth-order valence-corrected chi connectivity index (χ4v) is 2.77. The molecule has 0 bridgehead atoms. The van der Waals surface area contributed by atoms with Gasteiger partial charge in [0.1, 0.15) is 18.0 Å². The van der Waals surface area contributed by atoms with E-state index in [1.807, 2.05) is 56.0 Å². The van der Waals surface area contributed by atoms with E-state index in [2.05, 4.69) is 15.4 Å². The van der Waals surface area contributed by atoms with Crippen molar-refractivity contribution in [3.63, 3.8) is 0 Å². The minimum absolute atomic E-state index is 0.175. The molecule has 0 unspecified atom stereocenters. The smallest absolute Gasteiger partial charge is 0.411 e. The number of amides is 1. The zero-order valence-corrected chi connectivity index (χ0v) is 18.2. The molecular formula is C23H30FN3O4. The van der Waals surface area contributed by atoms with Crippen molar-refractivity contribution in [1.82, 2.24) is 5.32 Å². The molecule has 1 amide bonds. The third-order valence-corrected chi connectivity index (χ3v) is 4.27. The van der Waals surface area contributed by atoms with Crippen LogP contribution in [0.25, 0.3) is 0 Å². The predicted octanol–water partition coefficient (Wildman–Crippen LogP) is 3.94. The van der Waals surface area contributed by atoms with Crippen LogP contribution >= 0.6 is 0 Å². The maximum atomic E-state index is 14.3. The summed E-state index contributed by atoms with van der Waals surface area (Å²) in [6, 6.07) is 14.1. The molecule has 1 saturated heterocycles. The van der Waals surface area contributed by atoms with Crippen molar-refractivity contribution in [2.75, 3.05) is 36.4 Å². The Morgan fingerprint density at radius 1 is 1.16 bits per heavy atom. The van der Waals surface area contributed by atoms with Gasteiger partial charge in [0.15, 0.2) is 0 Å². The zero-order valence-electron chi connectivity index (χ0n) is 18.2. The average molecular weight is 432 g/mol. The number of carbonyl (C=O) groups is 2. The minimum atomic E-state index is -0.604. The minimum Gasteiger partial charge on any atom is -0.462 e. The summed E-state index contributed by atoms with van der Waals surface area (Å²) >= 11 is 0. The molecule has 1 heterocycles. The van der Waals surface area contributed by atoms with Gasteiger partial charge in [-0.15, -0.1) is 0 Å². The van der Waals surface area contributed by atoms with Crippen LogP contribution in [-0.2, 0) is 20.9 Å². The molecule has 0 atom stereocenters. The quantitative estimate of drug-likeness (QED) is 0.698. The Bertz CT molecular complexity index is 834. The third-order valence-electron chi connectivity index (χ3n) is 4.27. The second-order valence-electron chi connectivity index (χ2n) is 7.92. The zero-order chi connectivity index (χ0) is 22.7. The molecule has 2 aromatic carbocycles. The van der Waals surface area contributed by atoms with E-state index in [-0.39, 0.29) is 18.0 Å². The van der Waals surface area contributed by atoms with Gasteiger partial charge in [-0.05, 0) is 44.5 Å². The highest BCUT2D eigenvalue weighted by atomic mass is 19.1. The second-order valence-corrected chi connectivity index (χ2v) is 7.92. The first-order valence-electron chi connectivity index (χ1n) is 10.1. The molecule has 0 saturated carbocycles. The molecule has 1 aliphatic heterocycles. The number of rotatable bonds is 5. The normalized spacial score (nSPS) is 13.5. The van der Waals surface area contributed by atoms with Crippen LogP contribution in [0.15, 0.2) is 48.5 Å². The van der Waals surface area contributed by atoms with E-state index in [1.165, 1.54) is 6.07 Å². The Morgan fingerprint density at radius 2 is 1.84 bits per heavy atom. The fourth-order valence-electron chi connectivity index (χ4n) is 2.77. The molecule has 8 heteroatoms. The lowest BCUT2D eigenvalue weighted by Crippen LogP contribution is -2.43. The SMILES string of the molecule is CC(C)(C)OC=O.O=C(Nc1ccc(N2CCNCC2)c(F)c1)OCc1ccccc1. The van der Waals surface area contributed by atoms with E-state index in [4.69, 9.17) is 4.74 Å². The Morgan fingerprint density at radius 3 is 2.39 bits per heavy atom. The van der Waals surface area contributed by atoms with Crippen LogP contribution in [0.3, 0.4) is 0 Å². The van der Waals surface area contributed by atoms with Gasteiger partial charge in [-0.3, -0.25) is 10.1 Å². The van der Waals surface area contributed by atoms with Gasteiger partial charge in [0.25, 0.3) is 6.47 Å². The first-order valence-corrected chi connectivity index (χ1v) is 10.1. The molecule has 0 aliphatic carbocycles. The van der Waals surface area contributed by atoms with Crippen molar-refractivity contribution in [2.45, 2.75) is 33.0 Å². The highest BCUT2D eigenvalue weighted by Crippen LogP contribution is 2.23. The van der Waals surface area contributed by atoms with Crippen molar-refractivity contribution < 1.29 is 23.5 Å². The molecule has 3 rings (SSSR count). The van der Waals surface area contributed by atoms with Crippen LogP contribution in [0, 0.1) is 5.82 Å². The van der Waals surface area contributed by atoms with E-state index in [0.29, 0.717) is 17.8 Å². The number of nitrogens with zero attached hydrogens (tertiary/aromatic N) is 1. The molecule has 1 fully saturated rings. The number of nitrogens with one attached hydrogen (secondary N) is 2. The largest absolute Gasteiger partial charge is 0.462 e. The highest BCUT2D eigenvalue weighted by Gasteiger charge is 2.15. The summed E-state index contributed by atoms with van der Waals surface area (Å²) in [7, 11) is 0. The van der Waals surface area contributed by atoms with Gasteiger partial charge >= 0.3 is 6.09 Å². The molecule has 168 valence electrons. The molecule has 31 heavy (non-hydrogen) atoms. The first-order chi connectivity index (χ1) is 14.8. The predicted molar refractivity (Wildman–Crippen MR) is 119 cm³/mol. The number of hydrogen-bond donors (Lipinski definition) is 2. The molecule has 0 spiro atoms. The van der Waals surface area contributed by atoms with Gasteiger partial charge in [-0.25, -0.2) is 9.18 Å². The number of carbonyl (C=O) groups excluding carboxylic acids is 2. The van der Waals surface area contributed by atoms with E-state index >= 15 is 0 Å². The van der Waals surface area contributed by atoms with E-state index < -0.39 is 6.09 Å². The van der Waals surface area contributed by atoms with Crippen LogP contribution < -0.4 is 15.5 Å². The first kappa shape index (κ1) is 24.1. The lowest BCUT2D eigenvalue weighted by molar-refractivity contribution is -0.138. The molecule has 0 radical (unpaired) electrons. The third kappa shape index (κ3) is 9.04. The summed E-state index contributed by atoms with van der Waals surface area (Å²) in [6.07, 6.45) is -0.604. The van der Waals surface area contributed by atoms with E-state index in [1.54, 1.807) is 12.1 Å². The van der Waals surface area contributed by atoms with Gasteiger partial charge in [0.2, 0.25) is 0 Å². The van der Waals surface area contributed by atoms with Crippen molar-refractivity contribution in [3.05, 3.63) is 59.9 Å². The number of piperazine rings is 1. The average Bonchev–Trinajstić information content (AvgIpc) is 2.73. The number of benzene rings is 2. The fraction of sp³-hybridized carbons (Fsp3) is 0.391. The van der Waals surface area contributed by atoms with Crippen LogP contribution in [-0.4, -0.2) is 44.3 Å². The van der Waals surface area contributed by atoms with Crippen LogP contribution in [0.5, 0.6) is 0 Å². The lowest BCUT2D eigenvalue weighted by atomic mass is 10.2. The van der Waals surface area contributed by atoms with Crippen molar-refractivity contribution in [2.24, 2.45) is 0 Å². The summed E-state index contributed by atoms with van der Waals surface area (Å²) < 4.78 is 24.0. The van der Waals surface area contributed by atoms with Gasteiger partial charge in [-0.2, -0.15) is 0 Å².